The summed E-state index contributed by atoms with van der Waals surface area (Å²) in [4.78, 5) is 0. The molecule has 0 fully saturated rings. The van der Waals surface area contributed by atoms with Crippen molar-refractivity contribution in [2.24, 2.45) is 0 Å². The SMILES string of the molecule is CCC(O)c1ccccc1Oc1ccc(C#N)cc1OC. The van der Waals surface area contributed by atoms with Gasteiger partial charge in [-0.3, -0.25) is 0 Å². The molecule has 0 amide bonds. The molecule has 0 aliphatic carbocycles. The summed E-state index contributed by atoms with van der Waals surface area (Å²) in [5, 5.41) is 19.0. The predicted octanol–water partition coefficient (Wildman–Crippen LogP) is 3.80. The third-order valence-corrected chi connectivity index (χ3v) is 3.18. The molecule has 1 atom stereocenters. The molecular formula is C17H17NO3. The highest BCUT2D eigenvalue weighted by Crippen LogP contribution is 2.36. The number of hydrogen-bond donors (Lipinski definition) is 1. The number of rotatable bonds is 5. The van der Waals surface area contributed by atoms with Crippen LogP contribution in [0.25, 0.3) is 0 Å². The summed E-state index contributed by atoms with van der Waals surface area (Å²) >= 11 is 0. The van der Waals surface area contributed by atoms with Gasteiger partial charge in [0, 0.05) is 11.6 Å². The number of methoxy groups -OCH3 is 1. The van der Waals surface area contributed by atoms with Crippen LogP contribution in [0, 0.1) is 11.3 Å². The lowest BCUT2D eigenvalue weighted by atomic mass is 10.1. The summed E-state index contributed by atoms with van der Waals surface area (Å²) in [5.41, 5.74) is 1.23. The highest BCUT2D eigenvalue weighted by Gasteiger charge is 2.14. The molecule has 0 saturated carbocycles. The molecular weight excluding hydrogens is 266 g/mol. The summed E-state index contributed by atoms with van der Waals surface area (Å²) in [6.45, 7) is 1.91. The van der Waals surface area contributed by atoms with E-state index in [1.54, 1.807) is 24.3 Å². The maximum Gasteiger partial charge on any atom is 0.169 e. The molecule has 4 heteroatoms. The Labute approximate surface area is 124 Å². The maximum atomic E-state index is 10.0. The van der Waals surface area contributed by atoms with Crippen LogP contribution in [0.2, 0.25) is 0 Å². The number of aliphatic hydroxyl groups is 1. The maximum absolute atomic E-state index is 10.0. The largest absolute Gasteiger partial charge is 0.493 e. The number of para-hydroxylation sites is 1. The zero-order valence-corrected chi connectivity index (χ0v) is 12.0. The predicted molar refractivity (Wildman–Crippen MR) is 79.5 cm³/mol. The van der Waals surface area contributed by atoms with Crippen molar-refractivity contribution in [3.05, 3.63) is 53.6 Å². The molecule has 2 rings (SSSR count). The molecule has 0 saturated heterocycles. The van der Waals surface area contributed by atoms with Crippen LogP contribution >= 0.6 is 0 Å². The van der Waals surface area contributed by atoms with E-state index in [0.29, 0.717) is 29.2 Å². The summed E-state index contributed by atoms with van der Waals surface area (Å²) in [6.07, 6.45) is 0.0239. The van der Waals surface area contributed by atoms with Crippen LogP contribution in [0.3, 0.4) is 0 Å². The molecule has 1 unspecified atom stereocenters. The van der Waals surface area contributed by atoms with Crippen LogP contribution in [0.15, 0.2) is 42.5 Å². The van der Waals surface area contributed by atoms with E-state index in [4.69, 9.17) is 14.7 Å². The van der Waals surface area contributed by atoms with Gasteiger partial charge in [0.25, 0.3) is 0 Å². The topological polar surface area (TPSA) is 62.5 Å². The Morgan fingerprint density at radius 2 is 1.90 bits per heavy atom. The Bertz CT molecular complexity index is 661. The van der Waals surface area contributed by atoms with Gasteiger partial charge in [0.1, 0.15) is 5.75 Å². The molecule has 2 aromatic carbocycles. The highest BCUT2D eigenvalue weighted by molar-refractivity contribution is 5.49. The van der Waals surface area contributed by atoms with Gasteiger partial charge in [-0.1, -0.05) is 25.1 Å². The van der Waals surface area contributed by atoms with Gasteiger partial charge in [-0.15, -0.1) is 0 Å². The Kier molecular flexibility index (Phi) is 4.81. The van der Waals surface area contributed by atoms with Crippen molar-refractivity contribution in [1.82, 2.24) is 0 Å². The Balaban J connectivity index is 2.37. The zero-order chi connectivity index (χ0) is 15.2. The van der Waals surface area contributed by atoms with Gasteiger partial charge in [-0.05, 0) is 24.6 Å². The van der Waals surface area contributed by atoms with Gasteiger partial charge < -0.3 is 14.6 Å². The van der Waals surface area contributed by atoms with Crippen molar-refractivity contribution in [2.45, 2.75) is 19.4 Å². The molecule has 1 N–H and O–H groups in total. The third kappa shape index (κ3) is 3.33. The molecule has 21 heavy (non-hydrogen) atoms. The molecule has 0 radical (unpaired) electrons. The van der Waals surface area contributed by atoms with E-state index in [1.807, 2.05) is 25.1 Å². The van der Waals surface area contributed by atoms with Crippen molar-refractivity contribution in [2.75, 3.05) is 7.11 Å². The number of hydrogen-bond acceptors (Lipinski definition) is 4. The van der Waals surface area contributed by atoms with Gasteiger partial charge in [0.15, 0.2) is 11.5 Å². The van der Waals surface area contributed by atoms with E-state index in [-0.39, 0.29) is 0 Å². The molecule has 0 aliphatic rings. The summed E-state index contributed by atoms with van der Waals surface area (Å²) in [7, 11) is 1.52. The first kappa shape index (κ1) is 14.9. The minimum absolute atomic E-state index is 0.481. The fourth-order valence-electron chi connectivity index (χ4n) is 2.01. The molecule has 0 aliphatic heterocycles. The van der Waals surface area contributed by atoms with Crippen LogP contribution in [-0.2, 0) is 0 Å². The van der Waals surface area contributed by atoms with Crippen molar-refractivity contribution < 1.29 is 14.6 Å². The molecule has 4 nitrogen and oxygen atoms in total. The Morgan fingerprint density at radius 3 is 2.57 bits per heavy atom. The minimum Gasteiger partial charge on any atom is -0.493 e. The van der Waals surface area contributed by atoms with E-state index < -0.39 is 6.10 Å². The van der Waals surface area contributed by atoms with Gasteiger partial charge in [-0.25, -0.2) is 0 Å². The molecule has 2 aromatic rings. The summed E-state index contributed by atoms with van der Waals surface area (Å²) in [5.74, 6) is 1.57. The normalized spacial score (nSPS) is 11.5. The fourth-order valence-corrected chi connectivity index (χ4v) is 2.01. The second-order valence-electron chi connectivity index (χ2n) is 4.54. The molecule has 108 valence electrons. The van der Waals surface area contributed by atoms with E-state index in [0.717, 1.165) is 5.56 Å². The Morgan fingerprint density at radius 1 is 1.14 bits per heavy atom. The zero-order valence-electron chi connectivity index (χ0n) is 12.0. The van der Waals surface area contributed by atoms with E-state index in [1.165, 1.54) is 7.11 Å². The first-order chi connectivity index (χ1) is 10.2. The van der Waals surface area contributed by atoms with Crippen molar-refractivity contribution in [3.8, 4) is 23.3 Å². The van der Waals surface area contributed by atoms with Crippen molar-refractivity contribution in [1.29, 1.82) is 5.26 Å². The summed E-state index contributed by atoms with van der Waals surface area (Å²) in [6, 6.07) is 14.4. The van der Waals surface area contributed by atoms with Crippen LogP contribution in [-0.4, -0.2) is 12.2 Å². The smallest absolute Gasteiger partial charge is 0.169 e. The van der Waals surface area contributed by atoms with Crippen molar-refractivity contribution >= 4 is 0 Å². The van der Waals surface area contributed by atoms with Crippen LogP contribution in [0.1, 0.15) is 30.6 Å². The third-order valence-electron chi connectivity index (χ3n) is 3.18. The average Bonchev–Trinajstić information content (AvgIpc) is 2.55. The quantitative estimate of drug-likeness (QED) is 0.906. The standard InChI is InChI=1S/C17H17NO3/c1-3-14(19)13-6-4-5-7-15(13)21-16-9-8-12(11-18)10-17(16)20-2/h4-10,14,19H,3H2,1-2H3. The van der Waals surface area contributed by atoms with E-state index in [2.05, 4.69) is 6.07 Å². The van der Waals surface area contributed by atoms with Crippen LogP contribution in [0.4, 0.5) is 0 Å². The summed E-state index contributed by atoms with van der Waals surface area (Å²) < 4.78 is 11.1. The minimum atomic E-state index is -0.578. The van der Waals surface area contributed by atoms with Crippen molar-refractivity contribution in [3.63, 3.8) is 0 Å². The Hall–Kier alpha value is -2.51. The number of benzene rings is 2. The average molecular weight is 283 g/mol. The van der Waals surface area contributed by atoms with Gasteiger partial charge in [0.2, 0.25) is 0 Å². The molecule has 0 aromatic heterocycles. The van der Waals surface area contributed by atoms with Gasteiger partial charge in [-0.2, -0.15) is 5.26 Å². The first-order valence-electron chi connectivity index (χ1n) is 6.72. The van der Waals surface area contributed by atoms with E-state index >= 15 is 0 Å². The molecule has 0 heterocycles. The van der Waals surface area contributed by atoms with Crippen LogP contribution < -0.4 is 9.47 Å². The number of aliphatic hydroxyl groups excluding tert-OH is 1. The number of nitrogens with zero attached hydrogens (tertiary/aromatic N) is 1. The lowest BCUT2D eigenvalue weighted by Gasteiger charge is -2.16. The van der Waals surface area contributed by atoms with E-state index in [9.17, 15) is 5.11 Å². The first-order valence-corrected chi connectivity index (χ1v) is 6.72. The molecule has 0 bridgehead atoms. The van der Waals surface area contributed by atoms with Gasteiger partial charge >= 0.3 is 0 Å². The molecule has 0 spiro atoms. The second kappa shape index (κ2) is 6.78. The fraction of sp³-hybridized carbons (Fsp3) is 0.235. The lowest BCUT2D eigenvalue weighted by molar-refractivity contribution is 0.170. The number of nitriles is 1. The second-order valence-corrected chi connectivity index (χ2v) is 4.54. The van der Waals surface area contributed by atoms with Crippen LogP contribution in [0.5, 0.6) is 17.2 Å². The number of ether oxygens (including phenoxy) is 2. The monoisotopic (exact) mass is 283 g/mol. The van der Waals surface area contributed by atoms with Gasteiger partial charge in [0.05, 0.1) is 24.8 Å². The highest BCUT2D eigenvalue weighted by atomic mass is 16.5. The lowest BCUT2D eigenvalue weighted by Crippen LogP contribution is -1.99.